The quantitative estimate of drug-likeness (QED) is 0.708. The molecule has 2 heterocycles. The van der Waals surface area contributed by atoms with Gasteiger partial charge in [-0.3, -0.25) is 10.1 Å². The van der Waals surface area contributed by atoms with E-state index in [2.05, 4.69) is 5.32 Å². The van der Waals surface area contributed by atoms with Gasteiger partial charge < -0.3 is 4.90 Å². The molecule has 0 bridgehead atoms. The lowest BCUT2D eigenvalue weighted by atomic mass is 9.91. The second kappa shape index (κ2) is 3.37. The second-order valence-corrected chi connectivity index (χ2v) is 5.22. The maximum Gasteiger partial charge on any atom is 0.425 e. The summed E-state index contributed by atoms with van der Waals surface area (Å²) in [7, 11) is 0. The van der Waals surface area contributed by atoms with Gasteiger partial charge in [-0.15, -0.1) is 0 Å². The first-order chi connectivity index (χ1) is 7.96. The molecule has 3 aliphatic rings. The summed E-state index contributed by atoms with van der Waals surface area (Å²) in [6, 6.07) is -0.421. The average molecular weight is 248 g/mol. The van der Waals surface area contributed by atoms with E-state index in [1.807, 2.05) is 0 Å². The topological polar surface area (TPSA) is 32.3 Å². The van der Waals surface area contributed by atoms with Crippen LogP contribution in [0.5, 0.6) is 0 Å². The number of carbonyl (C=O) groups is 1. The Morgan fingerprint density at radius 1 is 1.29 bits per heavy atom. The number of hydrogen-bond acceptors (Lipinski definition) is 2. The van der Waals surface area contributed by atoms with E-state index >= 15 is 0 Å². The summed E-state index contributed by atoms with van der Waals surface area (Å²) < 4.78 is 39.8. The van der Waals surface area contributed by atoms with Crippen molar-refractivity contribution in [3.63, 3.8) is 0 Å². The van der Waals surface area contributed by atoms with Gasteiger partial charge in [0.15, 0.2) is 5.66 Å². The molecule has 0 unspecified atom stereocenters. The van der Waals surface area contributed by atoms with Crippen molar-refractivity contribution in [1.82, 2.24) is 10.2 Å². The lowest BCUT2D eigenvalue weighted by Crippen LogP contribution is -2.60. The van der Waals surface area contributed by atoms with E-state index < -0.39 is 11.8 Å². The highest BCUT2D eigenvalue weighted by atomic mass is 19.4. The molecule has 0 aromatic heterocycles. The van der Waals surface area contributed by atoms with Crippen LogP contribution in [0.15, 0.2) is 0 Å². The molecule has 1 amide bonds. The third-order valence-corrected chi connectivity index (χ3v) is 4.33. The molecule has 0 aromatic carbocycles. The second-order valence-electron chi connectivity index (χ2n) is 5.22. The molecule has 96 valence electrons. The minimum atomic E-state index is -4.38. The van der Waals surface area contributed by atoms with Crippen LogP contribution < -0.4 is 5.32 Å². The van der Waals surface area contributed by atoms with Gasteiger partial charge in [0.2, 0.25) is 5.91 Å². The number of nitrogens with one attached hydrogen (secondary N) is 1. The van der Waals surface area contributed by atoms with E-state index in [0.29, 0.717) is 6.42 Å². The summed E-state index contributed by atoms with van der Waals surface area (Å²) in [6.07, 6.45) is -1.20. The molecule has 0 spiro atoms. The Morgan fingerprint density at radius 3 is 2.71 bits per heavy atom. The van der Waals surface area contributed by atoms with Crippen LogP contribution in [0.1, 0.15) is 38.5 Å². The monoisotopic (exact) mass is 248 g/mol. The molecule has 0 aromatic rings. The molecular formula is C11H15F3N2O. The molecule has 0 radical (unpaired) electrons. The Hall–Kier alpha value is -0.780. The highest BCUT2D eigenvalue weighted by Crippen LogP contribution is 2.49. The van der Waals surface area contributed by atoms with Crippen molar-refractivity contribution in [3.05, 3.63) is 0 Å². The zero-order valence-corrected chi connectivity index (χ0v) is 9.39. The van der Waals surface area contributed by atoms with Gasteiger partial charge >= 0.3 is 6.18 Å². The van der Waals surface area contributed by atoms with Crippen LogP contribution >= 0.6 is 0 Å². The Morgan fingerprint density at radius 2 is 2.00 bits per heavy atom. The number of halogens is 3. The number of carbonyl (C=O) groups excluding carboxylic acids is 1. The minimum absolute atomic E-state index is 0.00965. The molecule has 2 aliphatic heterocycles. The van der Waals surface area contributed by atoms with E-state index in [1.165, 1.54) is 0 Å². The van der Waals surface area contributed by atoms with E-state index in [9.17, 15) is 18.0 Å². The van der Waals surface area contributed by atoms with Crippen molar-refractivity contribution in [3.8, 4) is 0 Å². The highest BCUT2D eigenvalue weighted by molar-refractivity contribution is 5.81. The summed E-state index contributed by atoms with van der Waals surface area (Å²) >= 11 is 0. The van der Waals surface area contributed by atoms with Crippen LogP contribution in [-0.2, 0) is 4.79 Å². The predicted octanol–water partition coefficient (Wildman–Crippen LogP) is 1.78. The molecule has 2 saturated heterocycles. The molecule has 3 rings (SSSR count). The summed E-state index contributed by atoms with van der Waals surface area (Å²) in [6.45, 7) is 0. The molecule has 3 atom stereocenters. The third-order valence-electron chi connectivity index (χ3n) is 4.33. The van der Waals surface area contributed by atoms with Gasteiger partial charge in [-0.2, -0.15) is 13.2 Å². The van der Waals surface area contributed by atoms with Gasteiger partial charge in [0.05, 0.1) is 0 Å². The van der Waals surface area contributed by atoms with Crippen molar-refractivity contribution in [2.75, 3.05) is 0 Å². The third kappa shape index (κ3) is 1.36. The standard InChI is InChI=1S/C11H15F3N2O/c12-11(13,14)10-6-5-9(17)16(10)8-4-2-1-3-7(8)15-10/h7-8,15H,1-6H2/t7-,8+,10-/m0/s1. The van der Waals surface area contributed by atoms with E-state index in [1.54, 1.807) is 0 Å². The summed E-state index contributed by atoms with van der Waals surface area (Å²) in [5.74, 6) is -0.343. The normalized spacial score (nSPS) is 41.6. The predicted molar refractivity (Wildman–Crippen MR) is 54.0 cm³/mol. The molecule has 1 N–H and O–H groups in total. The van der Waals surface area contributed by atoms with Crippen LogP contribution in [-0.4, -0.2) is 34.7 Å². The fraction of sp³-hybridized carbons (Fsp3) is 0.909. The molecule has 1 aliphatic carbocycles. The van der Waals surface area contributed by atoms with Gasteiger partial charge in [0, 0.05) is 24.9 Å². The molecule has 17 heavy (non-hydrogen) atoms. The maximum absolute atomic E-state index is 13.3. The van der Waals surface area contributed by atoms with Crippen LogP contribution in [0, 0.1) is 0 Å². The van der Waals surface area contributed by atoms with E-state index in [0.717, 1.165) is 24.2 Å². The van der Waals surface area contributed by atoms with Gasteiger partial charge in [-0.25, -0.2) is 0 Å². The van der Waals surface area contributed by atoms with E-state index in [4.69, 9.17) is 0 Å². The van der Waals surface area contributed by atoms with Crippen LogP contribution in [0.2, 0.25) is 0 Å². The van der Waals surface area contributed by atoms with Crippen LogP contribution in [0.4, 0.5) is 13.2 Å². The largest absolute Gasteiger partial charge is 0.425 e. The smallest absolute Gasteiger partial charge is 0.312 e. The summed E-state index contributed by atoms with van der Waals surface area (Å²) in [5.41, 5.74) is -2.07. The highest BCUT2D eigenvalue weighted by Gasteiger charge is 2.69. The number of rotatable bonds is 0. The first kappa shape index (κ1) is 11.3. The van der Waals surface area contributed by atoms with Gasteiger partial charge in [0.25, 0.3) is 0 Å². The Balaban J connectivity index is 2.00. The zero-order chi connectivity index (χ0) is 12.3. The van der Waals surface area contributed by atoms with Crippen LogP contribution in [0.25, 0.3) is 0 Å². The summed E-state index contributed by atoms with van der Waals surface area (Å²) in [4.78, 5) is 12.9. The fourth-order valence-electron chi connectivity index (χ4n) is 3.61. The summed E-state index contributed by atoms with van der Waals surface area (Å²) in [5, 5.41) is 2.72. The Kier molecular flexibility index (Phi) is 2.24. The molecular weight excluding hydrogens is 233 g/mol. The van der Waals surface area contributed by atoms with Crippen LogP contribution in [0.3, 0.4) is 0 Å². The number of nitrogens with zero attached hydrogens (tertiary/aromatic N) is 1. The fourth-order valence-corrected chi connectivity index (χ4v) is 3.61. The maximum atomic E-state index is 13.3. The number of amides is 1. The molecule has 3 fully saturated rings. The van der Waals surface area contributed by atoms with Crippen molar-refractivity contribution in [1.29, 1.82) is 0 Å². The first-order valence-electron chi connectivity index (χ1n) is 6.12. The molecule has 1 saturated carbocycles. The van der Waals surface area contributed by atoms with Gasteiger partial charge in [-0.05, 0) is 12.8 Å². The number of fused-ring (bicyclic) bond motifs is 3. The Bertz CT molecular complexity index is 357. The van der Waals surface area contributed by atoms with Crippen molar-refractivity contribution in [2.24, 2.45) is 0 Å². The number of alkyl halides is 3. The average Bonchev–Trinajstić information content (AvgIpc) is 2.75. The van der Waals surface area contributed by atoms with Crippen molar-refractivity contribution >= 4 is 5.91 Å². The zero-order valence-electron chi connectivity index (χ0n) is 9.39. The lowest BCUT2D eigenvalue weighted by molar-refractivity contribution is -0.225. The molecule has 6 heteroatoms. The number of hydrogen-bond donors (Lipinski definition) is 1. The molecule has 3 nitrogen and oxygen atoms in total. The van der Waals surface area contributed by atoms with Crippen molar-refractivity contribution in [2.45, 2.75) is 62.4 Å². The lowest BCUT2D eigenvalue weighted by Gasteiger charge is -2.36. The Labute approximate surface area is 97.3 Å². The SMILES string of the molecule is O=C1CC[C@]2(C(F)(F)F)N[C@H]3CCCC[C@H]3N12. The minimum Gasteiger partial charge on any atom is -0.312 e. The first-order valence-corrected chi connectivity index (χ1v) is 6.12. The van der Waals surface area contributed by atoms with Gasteiger partial charge in [-0.1, -0.05) is 12.8 Å². The van der Waals surface area contributed by atoms with Gasteiger partial charge in [0.1, 0.15) is 0 Å². The van der Waals surface area contributed by atoms with Crippen molar-refractivity contribution < 1.29 is 18.0 Å². The van der Waals surface area contributed by atoms with E-state index in [-0.39, 0.29) is 30.8 Å².